The fraction of sp³-hybridized carbons (Fsp3) is 0.467. The van der Waals surface area contributed by atoms with Crippen molar-refractivity contribution in [1.29, 1.82) is 5.26 Å². The molecule has 0 aromatic heterocycles. The van der Waals surface area contributed by atoms with Gasteiger partial charge in [-0.3, -0.25) is 0 Å². The van der Waals surface area contributed by atoms with Gasteiger partial charge in [-0.05, 0) is 43.4 Å². The molecule has 2 N–H and O–H groups in total. The molecule has 5 nitrogen and oxygen atoms in total. The summed E-state index contributed by atoms with van der Waals surface area (Å²) in [6.45, 7) is 2.11. The lowest BCUT2D eigenvalue weighted by Crippen LogP contribution is -2.30. The molecule has 0 unspecified atom stereocenters. The summed E-state index contributed by atoms with van der Waals surface area (Å²) in [6, 6.07) is 8.59. The molecule has 1 fully saturated rings. The number of rotatable bonds is 7. The van der Waals surface area contributed by atoms with Gasteiger partial charge in [0, 0.05) is 25.4 Å². The summed E-state index contributed by atoms with van der Waals surface area (Å²) < 4.78 is 5.48. The second-order valence-corrected chi connectivity index (χ2v) is 4.95. The van der Waals surface area contributed by atoms with Crippen LogP contribution in [0.15, 0.2) is 24.3 Å². The number of anilines is 1. The van der Waals surface area contributed by atoms with Crippen molar-refractivity contribution in [1.82, 2.24) is 5.32 Å². The lowest BCUT2D eigenvalue weighted by Gasteiger charge is -2.08. The molecule has 20 heavy (non-hydrogen) atoms. The molecular formula is C15H19N3O2. The normalized spacial score (nSPS) is 13.6. The first-order chi connectivity index (χ1) is 9.78. The van der Waals surface area contributed by atoms with Crippen LogP contribution in [0, 0.1) is 17.2 Å². The van der Waals surface area contributed by atoms with Gasteiger partial charge in [-0.2, -0.15) is 5.26 Å². The number of nitrogens with one attached hydrogen (secondary N) is 2. The number of carbonyl (C=O) groups excluding carboxylic acids is 1. The van der Waals surface area contributed by atoms with Gasteiger partial charge in [0.25, 0.3) is 0 Å². The Morgan fingerprint density at radius 3 is 3.05 bits per heavy atom. The summed E-state index contributed by atoms with van der Waals surface area (Å²) in [5, 5.41) is 14.2. The minimum absolute atomic E-state index is 0.262. The maximum Gasteiger partial charge on any atom is 0.319 e. The first kappa shape index (κ1) is 14.4. The zero-order chi connectivity index (χ0) is 14.2. The van der Waals surface area contributed by atoms with Gasteiger partial charge in [-0.25, -0.2) is 4.79 Å². The molecule has 1 aliphatic carbocycles. The minimum atomic E-state index is -0.262. The molecule has 106 valence electrons. The Hall–Kier alpha value is -2.06. The maximum atomic E-state index is 11.6. The van der Waals surface area contributed by atoms with Gasteiger partial charge in [-0.15, -0.1) is 0 Å². The van der Waals surface area contributed by atoms with Crippen LogP contribution in [0.4, 0.5) is 10.5 Å². The Morgan fingerprint density at radius 1 is 1.45 bits per heavy atom. The molecule has 0 saturated heterocycles. The second-order valence-electron chi connectivity index (χ2n) is 4.95. The van der Waals surface area contributed by atoms with Crippen LogP contribution in [-0.2, 0) is 4.74 Å². The molecule has 1 aromatic rings. The van der Waals surface area contributed by atoms with Crippen molar-refractivity contribution in [2.75, 3.05) is 25.1 Å². The number of nitriles is 1. The highest BCUT2D eigenvalue weighted by molar-refractivity contribution is 5.89. The molecule has 1 aliphatic rings. The average Bonchev–Trinajstić information content (AvgIpc) is 3.27. The molecule has 2 rings (SSSR count). The Morgan fingerprint density at radius 2 is 2.30 bits per heavy atom. The van der Waals surface area contributed by atoms with E-state index in [0.717, 1.165) is 18.9 Å². The number of benzene rings is 1. The molecule has 0 bridgehead atoms. The van der Waals surface area contributed by atoms with Crippen molar-refractivity contribution in [2.45, 2.75) is 19.3 Å². The zero-order valence-electron chi connectivity index (χ0n) is 11.4. The predicted molar refractivity (Wildman–Crippen MR) is 76.3 cm³/mol. The monoisotopic (exact) mass is 273 g/mol. The lowest BCUT2D eigenvalue weighted by molar-refractivity contribution is 0.122. The van der Waals surface area contributed by atoms with E-state index in [9.17, 15) is 4.79 Å². The van der Waals surface area contributed by atoms with Crippen LogP contribution >= 0.6 is 0 Å². The van der Waals surface area contributed by atoms with E-state index in [1.807, 2.05) is 6.07 Å². The van der Waals surface area contributed by atoms with Crippen LogP contribution in [0.2, 0.25) is 0 Å². The van der Waals surface area contributed by atoms with Crippen molar-refractivity contribution in [3.05, 3.63) is 29.8 Å². The highest BCUT2D eigenvalue weighted by atomic mass is 16.5. The number of ether oxygens (including phenoxy) is 1. The molecule has 0 atom stereocenters. The molecule has 5 heteroatoms. The van der Waals surface area contributed by atoms with Crippen molar-refractivity contribution in [2.24, 2.45) is 5.92 Å². The van der Waals surface area contributed by atoms with Crippen LogP contribution in [0.5, 0.6) is 0 Å². The second kappa shape index (κ2) is 7.51. The zero-order valence-corrected chi connectivity index (χ0v) is 11.4. The van der Waals surface area contributed by atoms with E-state index in [1.54, 1.807) is 24.3 Å². The third-order valence-corrected chi connectivity index (χ3v) is 3.05. The van der Waals surface area contributed by atoms with Crippen LogP contribution in [0.1, 0.15) is 24.8 Å². The maximum absolute atomic E-state index is 11.6. The summed E-state index contributed by atoms with van der Waals surface area (Å²) in [5.74, 6) is 0.777. The van der Waals surface area contributed by atoms with E-state index < -0.39 is 0 Å². The first-order valence-electron chi connectivity index (χ1n) is 6.90. The van der Waals surface area contributed by atoms with Crippen LogP contribution in [-0.4, -0.2) is 25.8 Å². The van der Waals surface area contributed by atoms with Gasteiger partial charge in [-0.1, -0.05) is 6.07 Å². The predicted octanol–water partition coefficient (Wildman–Crippen LogP) is 2.50. The number of hydrogen-bond acceptors (Lipinski definition) is 3. The largest absolute Gasteiger partial charge is 0.381 e. The average molecular weight is 273 g/mol. The van der Waals surface area contributed by atoms with E-state index in [2.05, 4.69) is 10.6 Å². The van der Waals surface area contributed by atoms with Crippen molar-refractivity contribution < 1.29 is 9.53 Å². The summed E-state index contributed by atoms with van der Waals surface area (Å²) >= 11 is 0. The van der Waals surface area contributed by atoms with Crippen LogP contribution in [0.3, 0.4) is 0 Å². The van der Waals surface area contributed by atoms with Crippen LogP contribution in [0.25, 0.3) is 0 Å². The minimum Gasteiger partial charge on any atom is -0.381 e. The lowest BCUT2D eigenvalue weighted by atomic mass is 10.2. The molecular weight excluding hydrogens is 254 g/mol. The van der Waals surface area contributed by atoms with Gasteiger partial charge in [0.05, 0.1) is 11.6 Å². The van der Waals surface area contributed by atoms with Gasteiger partial charge in [0.15, 0.2) is 0 Å². The number of carbonyl (C=O) groups is 1. The standard InChI is InChI=1S/C15H19N3O2/c16-10-13-3-1-4-14(9-13)18-15(19)17-7-2-8-20-11-12-5-6-12/h1,3-4,9,12H,2,5-8,11H2,(H2,17,18,19). The third-order valence-electron chi connectivity index (χ3n) is 3.05. The Bertz CT molecular complexity index is 492. The van der Waals surface area contributed by atoms with Crippen molar-refractivity contribution >= 4 is 11.7 Å². The first-order valence-corrected chi connectivity index (χ1v) is 6.90. The Labute approximate surface area is 118 Å². The van der Waals surface area contributed by atoms with Gasteiger partial charge in [0.2, 0.25) is 0 Å². The van der Waals surface area contributed by atoms with E-state index in [0.29, 0.717) is 24.4 Å². The van der Waals surface area contributed by atoms with Gasteiger partial charge in [0.1, 0.15) is 0 Å². The molecule has 1 saturated carbocycles. The van der Waals surface area contributed by atoms with E-state index in [-0.39, 0.29) is 6.03 Å². The third kappa shape index (κ3) is 5.29. The summed E-state index contributed by atoms with van der Waals surface area (Å²) in [6.07, 6.45) is 3.39. The Balaban J connectivity index is 1.58. The van der Waals surface area contributed by atoms with Gasteiger partial charge < -0.3 is 15.4 Å². The number of amides is 2. The fourth-order valence-electron chi connectivity index (χ4n) is 1.75. The highest BCUT2D eigenvalue weighted by Gasteiger charge is 2.20. The van der Waals surface area contributed by atoms with Crippen molar-refractivity contribution in [3.8, 4) is 6.07 Å². The quantitative estimate of drug-likeness (QED) is 0.749. The van der Waals surface area contributed by atoms with Crippen LogP contribution < -0.4 is 10.6 Å². The topological polar surface area (TPSA) is 74.2 Å². The SMILES string of the molecule is N#Cc1cccc(NC(=O)NCCCOCC2CC2)c1. The smallest absolute Gasteiger partial charge is 0.319 e. The van der Waals surface area contributed by atoms with Crippen molar-refractivity contribution in [3.63, 3.8) is 0 Å². The highest BCUT2D eigenvalue weighted by Crippen LogP contribution is 2.28. The summed E-state index contributed by atoms with van der Waals surface area (Å²) in [4.78, 5) is 11.6. The number of hydrogen-bond donors (Lipinski definition) is 2. The molecule has 1 aromatic carbocycles. The molecule has 2 amide bonds. The van der Waals surface area contributed by atoms with E-state index in [1.165, 1.54) is 12.8 Å². The Kier molecular flexibility index (Phi) is 5.39. The fourth-order valence-corrected chi connectivity index (χ4v) is 1.75. The van der Waals surface area contributed by atoms with Gasteiger partial charge >= 0.3 is 6.03 Å². The van der Waals surface area contributed by atoms with E-state index in [4.69, 9.17) is 10.00 Å². The molecule has 0 heterocycles. The number of urea groups is 1. The molecule has 0 aliphatic heterocycles. The molecule has 0 spiro atoms. The summed E-state index contributed by atoms with van der Waals surface area (Å²) in [7, 11) is 0. The van der Waals surface area contributed by atoms with E-state index >= 15 is 0 Å². The number of nitrogens with zero attached hydrogens (tertiary/aromatic N) is 1. The summed E-state index contributed by atoms with van der Waals surface area (Å²) in [5.41, 5.74) is 1.14. The molecule has 0 radical (unpaired) electrons.